The smallest absolute Gasteiger partial charge is 0.0175 e. The number of benzene rings is 1. The fraction of sp³-hybridized carbons (Fsp3) is 0.647. The van der Waals surface area contributed by atoms with Crippen LogP contribution in [0.25, 0.3) is 0 Å². The van der Waals surface area contributed by atoms with Crippen LogP contribution in [0.4, 0.5) is 0 Å². The van der Waals surface area contributed by atoms with Gasteiger partial charge < -0.3 is 10.2 Å². The first-order valence-corrected chi connectivity index (χ1v) is 8.62. The van der Waals surface area contributed by atoms with Crippen LogP contribution in [0.1, 0.15) is 38.2 Å². The molecule has 0 amide bonds. The Morgan fingerprint density at radius 2 is 1.90 bits per heavy atom. The first-order valence-electron chi connectivity index (χ1n) is 7.83. The van der Waals surface area contributed by atoms with E-state index in [1.165, 1.54) is 31.2 Å². The predicted molar refractivity (Wildman–Crippen MR) is 90.2 cm³/mol. The molecule has 0 aliphatic heterocycles. The zero-order valence-electron chi connectivity index (χ0n) is 12.7. The highest BCUT2D eigenvalue weighted by molar-refractivity contribution is 9.10. The summed E-state index contributed by atoms with van der Waals surface area (Å²) in [5.41, 5.74) is 1.40. The summed E-state index contributed by atoms with van der Waals surface area (Å²) in [7, 11) is 2.27. The van der Waals surface area contributed by atoms with Gasteiger partial charge in [0.05, 0.1) is 0 Å². The summed E-state index contributed by atoms with van der Waals surface area (Å²) in [4.78, 5) is 2.53. The molecule has 0 spiro atoms. The number of nitrogens with one attached hydrogen (secondary N) is 1. The second-order valence-corrected chi connectivity index (χ2v) is 7.02. The Labute approximate surface area is 132 Å². The van der Waals surface area contributed by atoms with Crippen molar-refractivity contribution in [1.29, 1.82) is 0 Å². The van der Waals surface area contributed by atoms with Gasteiger partial charge in [0.15, 0.2) is 0 Å². The van der Waals surface area contributed by atoms with Crippen LogP contribution >= 0.6 is 15.9 Å². The van der Waals surface area contributed by atoms with Crippen molar-refractivity contribution in [2.24, 2.45) is 0 Å². The average molecular weight is 339 g/mol. The third-order valence-electron chi connectivity index (χ3n) is 4.36. The van der Waals surface area contributed by atoms with E-state index in [-0.39, 0.29) is 0 Å². The van der Waals surface area contributed by atoms with Crippen molar-refractivity contribution in [1.82, 2.24) is 10.2 Å². The number of likely N-dealkylation sites (N-methyl/N-ethyl adjacent to an activating group) is 1. The third kappa shape index (κ3) is 5.19. The van der Waals surface area contributed by atoms with Gasteiger partial charge in [-0.25, -0.2) is 0 Å². The van der Waals surface area contributed by atoms with Gasteiger partial charge in [-0.05, 0) is 50.9 Å². The van der Waals surface area contributed by atoms with Crippen molar-refractivity contribution in [2.45, 2.75) is 51.1 Å². The molecule has 1 N–H and O–H groups in total. The maximum atomic E-state index is 3.65. The van der Waals surface area contributed by atoms with Gasteiger partial charge in [-0.3, -0.25) is 0 Å². The summed E-state index contributed by atoms with van der Waals surface area (Å²) in [6, 6.07) is 10.0. The molecule has 1 fully saturated rings. The van der Waals surface area contributed by atoms with Gasteiger partial charge in [0, 0.05) is 29.6 Å². The Morgan fingerprint density at radius 1 is 1.25 bits per heavy atom. The van der Waals surface area contributed by atoms with Crippen molar-refractivity contribution in [3.05, 3.63) is 34.3 Å². The lowest BCUT2D eigenvalue weighted by Crippen LogP contribution is -2.38. The van der Waals surface area contributed by atoms with Crippen molar-refractivity contribution < 1.29 is 0 Å². The molecule has 0 saturated heterocycles. The maximum absolute atomic E-state index is 3.65. The minimum Gasteiger partial charge on any atom is -0.313 e. The maximum Gasteiger partial charge on any atom is 0.0175 e. The molecule has 1 saturated carbocycles. The van der Waals surface area contributed by atoms with E-state index in [4.69, 9.17) is 0 Å². The van der Waals surface area contributed by atoms with E-state index in [1.807, 2.05) is 0 Å². The standard InChI is InChI=1S/C17H27BrN2/c1-14(13-15-7-9-16(18)10-8-15)19-11-12-20(2)17-5-3-4-6-17/h7-10,14,17,19H,3-6,11-13H2,1-2H3. The molecule has 1 atom stereocenters. The first-order chi connectivity index (χ1) is 9.65. The third-order valence-corrected chi connectivity index (χ3v) is 4.89. The average Bonchev–Trinajstić information content (AvgIpc) is 2.95. The van der Waals surface area contributed by atoms with Crippen LogP contribution in [-0.2, 0) is 6.42 Å². The summed E-state index contributed by atoms with van der Waals surface area (Å²) in [5.74, 6) is 0. The molecule has 2 nitrogen and oxygen atoms in total. The number of hydrogen-bond acceptors (Lipinski definition) is 2. The highest BCUT2D eigenvalue weighted by atomic mass is 79.9. The van der Waals surface area contributed by atoms with E-state index in [0.717, 1.165) is 30.0 Å². The van der Waals surface area contributed by atoms with E-state index in [2.05, 4.69) is 64.4 Å². The molecule has 1 aromatic rings. The van der Waals surface area contributed by atoms with E-state index in [1.54, 1.807) is 0 Å². The highest BCUT2D eigenvalue weighted by Crippen LogP contribution is 2.21. The van der Waals surface area contributed by atoms with Crippen molar-refractivity contribution in [3.63, 3.8) is 0 Å². The molecule has 1 aliphatic rings. The Kier molecular flexibility index (Phi) is 6.53. The van der Waals surface area contributed by atoms with Gasteiger partial charge >= 0.3 is 0 Å². The number of hydrogen-bond donors (Lipinski definition) is 1. The summed E-state index contributed by atoms with van der Waals surface area (Å²) >= 11 is 3.48. The molecular weight excluding hydrogens is 312 g/mol. The molecule has 0 heterocycles. The van der Waals surface area contributed by atoms with Crippen LogP contribution in [-0.4, -0.2) is 37.1 Å². The van der Waals surface area contributed by atoms with E-state index in [0.29, 0.717) is 6.04 Å². The molecule has 0 radical (unpaired) electrons. The lowest BCUT2D eigenvalue weighted by atomic mass is 10.1. The summed E-state index contributed by atoms with van der Waals surface area (Å²) < 4.78 is 1.15. The quantitative estimate of drug-likeness (QED) is 0.812. The van der Waals surface area contributed by atoms with Gasteiger partial charge in [-0.15, -0.1) is 0 Å². The second kappa shape index (κ2) is 8.16. The molecule has 1 aromatic carbocycles. The van der Waals surface area contributed by atoms with Gasteiger partial charge in [0.1, 0.15) is 0 Å². The van der Waals surface area contributed by atoms with Gasteiger partial charge in [0.2, 0.25) is 0 Å². The molecule has 3 heteroatoms. The van der Waals surface area contributed by atoms with Crippen LogP contribution in [0.5, 0.6) is 0 Å². The zero-order valence-corrected chi connectivity index (χ0v) is 14.3. The van der Waals surface area contributed by atoms with Crippen LogP contribution in [0.3, 0.4) is 0 Å². The highest BCUT2D eigenvalue weighted by Gasteiger charge is 2.18. The minimum atomic E-state index is 0.535. The van der Waals surface area contributed by atoms with E-state index < -0.39 is 0 Å². The number of nitrogens with zero attached hydrogens (tertiary/aromatic N) is 1. The lowest BCUT2D eigenvalue weighted by molar-refractivity contribution is 0.242. The summed E-state index contributed by atoms with van der Waals surface area (Å²) in [5, 5.41) is 3.65. The first kappa shape index (κ1) is 16.0. The molecule has 2 rings (SSSR count). The Hall–Kier alpha value is -0.380. The Bertz CT molecular complexity index is 384. The molecule has 112 valence electrons. The number of rotatable bonds is 7. The topological polar surface area (TPSA) is 15.3 Å². The van der Waals surface area contributed by atoms with Crippen LogP contribution in [0.2, 0.25) is 0 Å². The molecular formula is C17H27BrN2. The monoisotopic (exact) mass is 338 g/mol. The van der Waals surface area contributed by atoms with Gasteiger partial charge in [-0.2, -0.15) is 0 Å². The largest absolute Gasteiger partial charge is 0.313 e. The SMILES string of the molecule is CC(Cc1ccc(Br)cc1)NCCN(C)C1CCCC1. The Balaban J connectivity index is 1.64. The van der Waals surface area contributed by atoms with Crippen LogP contribution in [0.15, 0.2) is 28.7 Å². The molecule has 1 unspecified atom stereocenters. The minimum absolute atomic E-state index is 0.535. The summed E-state index contributed by atoms with van der Waals surface area (Å²) in [6.45, 7) is 4.53. The molecule has 20 heavy (non-hydrogen) atoms. The van der Waals surface area contributed by atoms with Crippen LogP contribution < -0.4 is 5.32 Å². The fourth-order valence-corrected chi connectivity index (χ4v) is 3.33. The van der Waals surface area contributed by atoms with Crippen molar-refractivity contribution >= 4 is 15.9 Å². The normalized spacial score (nSPS) is 17.8. The lowest BCUT2D eigenvalue weighted by Gasteiger charge is -2.25. The number of halogens is 1. The van der Waals surface area contributed by atoms with E-state index >= 15 is 0 Å². The molecule has 1 aliphatic carbocycles. The van der Waals surface area contributed by atoms with E-state index in [9.17, 15) is 0 Å². The van der Waals surface area contributed by atoms with Gasteiger partial charge in [-0.1, -0.05) is 40.9 Å². The van der Waals surface area contributed by atoms with Crippen molar-refractivity contribution in [3.8, 4) is 0 Å². The van der Waals surface area contributed by atoms with Gasteiger partial charge in [0.25, 0.3) is 0 Å². The fourth-order valence-electron chi connectivity index (χ4n) is 3.06. The zero-order chi connectivity index (χ0) is 14.4. The van der Waals surface area contributed by atoms with Crippen molar-refractivity contribution in [2.75, 3.05) is 20.1 Å². The predicted octanol–water partition coefficient (Wildman–Crippen LogP) is 3.84. The molecule has 0 aromatic heterocycles. The van der Waals surface area contributed by atoms with Crippen LogP contribution in [0, 0.1) is 0 Å². The molecule has 0 bridgehead atoms. The Morgan fingerprint density at radius 3 is 2.55 bits per heavy atom. The summed E-state index contributed by atoms with van der Waals surface area (Å²) in [6.07, 6.45) is 6.72. The second-order valence-electron chi connectivity index (χ2n) is 6.10.